The van der Waals surface area contributed by atoms with E-state index in [0.29, 0.717) is 5.92 Å². The van der Waals surface area contributed by atoms with Gasteiger partial charge in [0, 0.05) is 12.0 Å². The lowest BCUT2D eigenvalue weighted by Gasteiger charge is -2.21. The SMILES string of the molecule is C#C/C=C\C1=C(C)SC2=CC=C[C@@H](N)C21. The summed E-state index contributed by atoms with van der Waals surface area (Å²) in [5.41, 5.74) is 7.35. The Balaban J connectivity index is 2.35. The lowest BCUT2D eigenvalue weighted by atomic mass is 9.88. The lowest BCUT2D eigenvalue weighted by molar-refractivity contribution is 0.657. The first-order valence-electron chi connectivity index (χ1n) is 4.89. The van der Waals surface area contributed by atoms with Gasteiger partial charge >= 0.3 is 0 Å². The highest BCUT2D eigenvalue weighted by atomic mass is 32.2. The Morgan fingerprint density at radius 3 is 3.13 bits per heavy atom. The Morgan fingerprint density at radius 1 is 1.60 bits per heavy atom. The number of hydrogen-bond donors (Lipinski definition) is 1. The third kappa shape index (κ3) is 1.81. The van der Waals surface area contributed by atoms with Gasteiger partial charge in [0.15, 0.2) is 0 Å². The molecule has 15 heavy (non-hydrogen) atoms. The second-order valence-corrected chi connectivity index (χ2v) is 4.91. The zero-order valence-electron chi connectivity index (χ0n) is 8.60. The first-order valence-corrected chi connectivity index (χ1v) is 5.71. The molecule has 1 aliphatic carbocycles. The average Bonchev–Trinajstić information content (AvgIpc) is 2.53. The van der Waals surface area contributed by atoms with Gasteiger partial charge < -0.3 is 5.73 Å². The summed E-state index contributed by atoms with van der Waals surface area (Å²) in [6, 6.07) is 0.0763. The standard InChI is InChI=1S/C13H13NS/c1-3-4-6-10-9(2)15-12-8-5-7-11(14)13(10)12/h1,4-8,11,13H,14H2,2H3/b6-4-/t11-,13?/m1/s1. The molecular formula is C13H13NS. The van der Waals surface area contributed by atoms with Crippen LogP contribution in [-0.4, -0.2) is 6.04 Å². The molecule has 0 spiro atoms. The van der Waals surface area contributed by atoms with Crippen molar-refractivity contribution >= 4 is 11.8 Å². The van der Waals surface area contributed by atoms with E-state index in [-0.39, 0.29) is 6.04 Å². The van der Waals surface area contributed by atoms with Crippen LogP contribution in [0, 0.1) is 18.3 Å². The topological polar surface area (TPSA) is 26.0 Å². The highest BCUT2D eigenvalue weighted by Crippen LogP contribution is 2.48. The van der Waals surface area contributed by atoms with E-state index < -0.39 is 0 Å². The molecule has 0 bridgehead atoms. The molecule has 1 aliphatic heterocycles. The number of allylic oxidation sites excluding steroid dienone is 5. The summed E-state index contributed by atoms with van der Waals surface area (Å²) in [7, 11) is 0. The minimum absolute atomic E-state index is 0.0763. The van der Waals surface area contributed by atoms with Gasteiger partial charge in [-0.3, -0.25) is 0 Å². The van der Waals surface area contributed by atoms with Crippen molar-refractivity contribution in [2.75, 3.05) is 0 Å². The molecule has 0 saturated carbocycles. The van der Waals surface area contributed by atoms with Crippen LogP contribution in [-0.2, 0) is 0 Å². The van der Waals surface area contributed by atoms with Gasteiger partial charge in [0.1, 0.15) is 0 Å². The van der Waals surface area contributed by atoms with Crippen molar-refractivity contribution in [1.82, 2.24) is 0 Å². The van der Waals surface area contributed by atoms with Gasteiger partial charge in [0.25, 0.3) is 0 Å². The lowest BCUT2D eigenvalue weighted by Crippen LogP contribution is -2.29. The summed E-state index contributed by atoms with van der Waals surface area (Å²) in [6.07, 6.45) is 15.2. The summed E-state index contributed by atoms with van der Waals surface area (Å²) in [4.78, 5) is 2.64. The van der Waals surface area contributed by atoms with Crippen molar-refractivity contribution in [3.05, 3.63) is 45.8 Å². The van der Waals surface area contributed by atoms with Crippen molar-refractivity contribution in [1.29, 1.82) is 0 Å². The van der Waals surface area contributed by atoms with E-state index in [1.807, 2.05) is 18.2 Å². The van der Waals surface area contributed by atoms with Gasteiger partial charge in [-0.1, -0.05) is 35.9 Å². The van der Waals surface area contributed by atoms with E-state index in [1.54, 1.807) is 17.8 Å². The molecule has 0 aromatic carbocycles. The molecular weight excluding hydrogens is 202 g/mol. The number of thioether (sulfide) groups is 1. The largest absolute Gasteiger partial charge is 0.324 e. The van der Waals surface area contributed by atoms with Crippen LogP contribution >= 0.6 is 11.8 Å². The molecule has 2 heteroatoms. The van der Waals surface area contributed by atoms with Gasteiger partial charge in [0.2, 0.25) is 0 Å². The van der Waals surface area contributed by atoms with Crippen LogP contribution in [0.15, 0.2) is 45.8 Å². The Kier molecular flexibility index (Phi) is 2.86. The maximum absolute atomic E-state index is 6.08. The zero-order chi connectivity index (χ0) is 10.8. The van der Waals surface area contributed by atoms with Crippen LogP contribution in [0.1, 0.15) is 6.92 Å². The van der Waals surface area contributed by atoms with Crippen LogP contribution in [0.4, 0.5) is 0 Å². The molecule has 1 nitrogen and oxygen atoms in total. The van der Waals surface area contributed by atoms with E-state index >= 15 is 0 Å². The first kappa shape index (κ1) is 10.4. The smallest absolute Gasteiger partial charge is 0.0348 e. The van der Waals surface area contributed by atoms with E-state index in [0.717, 1.165) is 0 Å². The molecule has 76 valence electrons. The average molecular weight is 215 g/mol. The van der Waals surface area contributed by atoms with Gasteiger partial charge in [-0.2, -0.15) is 0 Å². The predicted molar refractivity (Wildman–Crippen MR) is 67.0 cm³/mol. The van der Waals surface area contributed by atoms with Crippen molar-refractivity contribution in [2.45, 2.75) is 13.0 Å². The molecule has 0 fully saturated rings. The molecule has 0 amide bonds. The molecule has 2 aliphatic rings. The van der Waals surface area contributed by atoms with Crippen molar-refractivity contribution < 1.29 is 0 Å². The van der Waals surface area contributed by atoms with Crippen LogP contribution in [0.25, 0.3) is 0 Å². The summed E-state index contributed by atoms with van der Waals surface area (Å²) in [5.74, 6) is 2.83. The molecule has 2 N–H and O–H groups in total. The maximum atomic E-state index is 6.08. The molecule has 2 atom stereocenters. The third-order valence-corrected chi connectivity index (χ3v) is 3.82. The summed E-state index contributed by atoms with van der Waals surface area (Å²) >= 11 is 1.80. The van der Waals surface area contributed by atoms with E-state index in [4.69, 9.17) is 12.2 Å². The number of hydrogen-bond acceptors (Lipinski definition) is 2. The van der Waals surface area contributed by atoms with E-state index in [2.05, 4.69) is 18.9 Å². The van der Waals surface area contributed by atoms with Crippen LogP contribution in [0.5, 0.6) is 0 Å². The van der Waals surface area contributed by atoms with Gasteiger partial charge in [-0.15, -0.1) is 6.42 Å². The van der Waals surface area contributed by atoms with E-state index in [9.17, 15) is 0 Å². The van der Waals surface area contributed by atoms with E-state index in [1.165, 1.54) is 15.4 Å². The molecule has 1 heterocycles. The maximum Gasteiger partial charge on any atom is 0.0348 e. The summed E-state index contributed by atoms with van der Waals surface area (Å²) < 4.78 is 0. The third-order valence-electron chi connectivity index (χ3n) is 2.66. The quantitative estimate of drug-likeness (QED) is 0.680. The Labute approximate surface area is 94.8 Å². The fraction of sp³-hybridized carbons (Fsp3) is 0.231. The van der Waals surface area contributed by atoms with Crippen LogP contribution in [0.3, 0.4) is 0 Å². The highest BCUT2D eigenvalue weighted by Gasteiger charge is 2.32. The molecule has 1 unspecified atom stereocenters. The summed E-state index contributed by atoms with van der Waals surface area (Å²) in [5, 5.41) is 0. The fourth-order valence-corrected chi connectivity index (χ4v) is 3.18. The van der Waals surface area contributed by atoms with Crippen molar-refractivity contribution in [3.63, 3.8) is 0 Å². The molecule has 0 radical (unpaired) electrons. The zero-order valence-corrected chi connectivity index (χ0v) is 9.42. The number of terminal acetylenes is 1. The van der Waals surface area contributed by atoms with Crippen molar-refractivity contribution in [3.8, 4) is 12.3 Å². The Bertz CT molecular complexity index is 432. The second-order valence-electron chi connectivity index (χ2n) is 3.62. The molecule has 2 rings (SSSR count). The van der Waals surface area contributed by atoms with Gasteiger partial charge in [-0.05, 0) is 34.5 Å². The first-order chi connectivity index (χ1) is 7.24. The van der Waals surface area contributed by atoms with Crippen molar-refractivity contribution in [2.24, 2.45) is 11.7 Å². The monoisotopic (exact) mass is 215 g/mol. The number of fused-ring (bicyclic) bond motifs is 1. The Hall–Kier alpha value is -1.17. The fourth-order valence-electron chi connectivity index (χ4n) is 1.95. The Morgan fingerprint density at radius 2 is 2.40 bits per heavy atom. The number of nitrogens with two attached hydrogens (primary N) is 1. The van der Waals surface area contributed by atoms with Gasteiger partial charge in [-0.25, -0.2) is 0 Å². The predicted octanol–water partition coefficient (Wildman–Crippen LogP) is 2.59. The van der Waals surface area contributed by atoms with Gasteiger partial charge in [0.05, 0.1) is 0 Å². The highest BCUT2D eigenvalue weighted by molar-refractivity contribution is 8.07. The minimum Gasteiger partial charge on any atom is -0.324 e. The normalized spacial score (nSPS) is 29.3. The second kappa shape index (κ2) is 4.14. The molecule has 0 aromatic heterocycles. The van der Waals surface area contributed by atoms with Crippen LogP contribution in [0.2, 0.25) is 0 Å². The molecule has 0 aromatic rings. The van der Waals surface area contributed by atoms with Crippen LogP contribution < -0.4 is 5.73 Å². The summed E-state index contributed by atoms with van der Waals surface area (Å²) in [6.45, 7) is 2.12. The number of rotatable bonds is 1. The minimum atomic E-state index is 0.0763. The molecule has 0 saturated heterocycles.